The highest BCUT2D eigenvalue weighted by atomic mass is 35.5. The molecular weight excluding hydrogens is 451 g/mol. The van der Waals surface area contributed by atoms with E-state index in [4.69, 9.17) is 23.2 Å². The number of unbranched alkanes of at least 4 members (excludes halogenated alkanes) is 1. The van der Waals surface area contributed by atoms with Gasteiger partial charge in [0.05, 0.1) is 5.75 Å². The Morgan fingerprint density at radius 3 is 2.61 bits per heavy atom. The van der Waals surface area contributed by atoms with Crippen LogP contribution in [0.3, 0.4) is 0 Å². The van der Waals surface area contributed by atoms with Crippen molar-refractivity contribution in [2.45, 2.75) is 52.0 Å². The second kappa shape index (κ2) is 13.0. The van der Waals surface area contributed by atoms with Crippen LogP contribution in [0.1, 0.15) is 43.4 Å². The molecule has 0 bridgehead atoms. The summed E-state index contributed by atoms with van der Waals surface area (Å²) in [4.78, 5) is 27.4. The van der Waals surface area contributed by atoms with Crippen molar-refractivity contribution in [2.24, 2.45) is 0 Å². The van der Waals surface area contributed by atoms with E-state index >= 15 is 0 Å². The molecule has 0 spiro atoms. The molecule has 2 rings (SSSR count). The summed E-state index contributed by atoms with van der Waals surface area (Å²) in [5.41, 5.74) is 3.06. The average molecular weight is 481 g/mol. The minimum atomic E-state index is -0.551. The summed E-state index contributed by atoms with van der Waals surface area (Å²) >= 11 is 13.7. The third kappa shape index (κ3) is 8.40. The molecule has 0 saturated heterocycles. The van der Waals surface area contributed by atoms with Crippen molar-refractivity contribution in [3.8, 4) is 0 Å². The molecular formula is C24H30Cl2N2O2S. The Hall–Kier alpha value is -1.69. The van der Waals surface area contributed by atoms with Gasteiger partial charge in [-0.2, -0.15) is 0 Å². The molecule has 1 N–H and O–H groups in total. The van der Waals surface area contributed by atoms with Gasteiger partial charge in [0.25, 0.3) is 0 Å². The van der Waals surface area contributed by atoms with Crippen molar-refractivity contribution in [1.29, 1.82) is 0 Å². The Labute approximate surface area is 199 Å². The van der Waals surface area contributed by atoms with E-state index in [1.54, 1.807) is 24.0 Å². The van der Waals surface area contributed by atoms with Gasteiger partial charge in [0.15, 0.2) is 0 Å². The van der Waals surface area contributed by atoms with E-state index in [1.165, 1.54) is 11.8 Å². The Kier molecular flexibility index (Phi) is 10.7. The third-order valence-electron chi connectivity index (χ3n) is 4.93. The second-order valence-corrected chi connectivity index (χ2v) is 9.39. The molecule has 1 atom stereocenters. The molecule has 0 unspecified atom stereocenters. The molecule has 4 nitrogen and oxygen atoms in total. The van der Waals surface area contributed by atoms with Gasteiger partial charge in [0, 0.05) is 28.9 Å². The molecule has 2 amide bonds. The Bertz CT molecular complexity index is 892. The van der Waals surface area contributed by atoms with E-state index in [9.17, 15) is 9.59 Å². The van der Waals surface area contributed by atoms with Crippen molar-refractivity contribution >= 4 is 46.8 Å². The van der Waals surface area contributed by atoms with Crippen molar-refractivity contribution in [2.75, 3.05) is 12.3 Å². The van der Waals surface area contributed by atoms with Crippen LogP contribution in [0.25, 0.3) is 0 Å². The molecule has 31 heavy (non-hydrogen) atoms. The quantitative estimate of drug-likeness (QED) is 0.409. The number of carbonyl (C=O) groups excluding carboxylic acids is 2. The molecule has 0 fully saturated rings. The summed E-state index contributed by atoms with van der Waals surface area (Å²) in [6.45, 7) is 6.90. The molecule has 0 aliphatic carbocycles. The van der Waals surface area contributed by atoms with Crippen LogP contribution in [-0.2, 0) is 21.9 Å². The van der Waals surface area contributed by atoms with Gasteiger partial charge in [-0.25, -0.2) is 0 Å². The van der Waals surface area contributed by atoms with E-state index in [1.807, 2.05) is 37.3 Å². The topological polar surface area (TPSA) is 49.4 Å². The molecule has 168 valence electrons. The van der Waals surface area contributed by atoms with Gasteiger partial charge in [-0.05, 0) is 43.5 Å². The lowest BCUT2D eigenvalue weighted by molar-refractivity contribution is -0.138. The number of halogens is 2. The molecule has 0 heterocycles. The lowest BCUT2D eigenvalue weighted by Gasteiger charge is -2.29. The molecule has 0 saturated carbocycles. The highest BCUT2D eigenvalue weighted by molar-refractivity contribution is 7.99. The average Bonchev–Trinajstić information content (AvgIpc) is 2.73. The molecule has 0 aliphatic heterocycles. The number of carbonyl (C=O) groups is 2. The van der Waals surface area contributed by atoms with Crippen molar-refractivity contribution in [1.82, 2.24) is 10.2 Å². The number of rotatable bonds is 11. The van der Waals surface area contributed by atoms with Crippen LogP contribution in [0.2, 0.25) is 10.0 Å². The first kappa shape index (κ1) is 25.6. The van der Waals surface area contributed by atoms with E-state index < -0.39 is 6.04 Å². The number of thioether (sulfide) groups is 1. The SMILES string of the molecule is CCCCNC(=O)[C@H](C)N(Cc1cccc(C)c1)C(=O)CSCc1ccc(Cl)cc1Cl. The summed E-state index contributed by atoms with van der Waals surface area (Å²) in [6.07, 6.45) is 1.92. The largest absolute Gasteiger partial charge is 0.354 e. The maximum absolute atomic E-state index is 13.1. The van der Waals surface area contributed by atoms with Gasteiger partial charge in [0.2, 0.25) is 11.8 Å². The molecule has 0 aromatic heterocycles. The normalized spacial score (nSPS) is 11.8. The Morgan fingerprint density at radius 1 is 1.16 bits per heavy atom. The monoisotopic (exact) mass is 480 g/mol. The van der Waals surface area contributed by atoms with E-state index in [-0.39, 0.29) is 17.6 Å². The van der Waals surface area contributed by atoms with Gasteiger partial charge in [0.1, 0.15) is 6.04 Å². The fourth-order valence-electron chi connectivity index (χ4n) is 3.10. The molecule has 0 radical (unpaired) electrons. The predicted molar refractivity (Wildman–Crippen MR) is 132 cm³/mol. The first-order valence-corrected chi connectivity index (χ1v) is 12.4. The van der Waals surface area contributed by atoms with Crippen LogP contribution in [0, 0.1) is 6.92 Å². The zero-order valence-electron chi connectivity index (χ0n) is 18.3. The molecule has 2 aromatic carbocycles. The number of hydrogen-bond acceptors (Lipinski definition) is 3. The predicted octanol–water partition coefficient (Wildman–Crippen LogP) is 5.87. The van der Waals surface area contributed by atoms with E-state index in [2.05, 4.69) is 12.2 Å². The zero-order chi connectivity index (χ0) is 22.8. The molecule has 2 aromatic rings. The number of nitrogens with zero attached hydrogens (tertiary/aromatic N) is 1. The standard InChI is InChI=1S/C24H30Cl2N2O2S/c1-4-5-11-27-24(30)18(3)28(14-19-8-6-7-17(2)12-19)23(29)16-31-15-20-9-10-21(25)13-22(20)26/h6-10,12-13,18H,4-5,11,14-16H2,1-3H3,(H,27,30)/t18-/m0/s1. The zero-order valence-corrected chi connectivity index (χ0v) is 20.6. The van der Waals surface area contributed by atoms with Crippen LogP contribution in [-0.4, -0.2) is 35.1 Å². The van der Waals surface area contributed by atoms with Gasteiger partial charge in [-0.3, -0.25) is 9.59 Å². The van der Waals surface area contributed by atoms with Crippen LogP contribution < -0.4 is 5.32 Å². The summed E-state index contributed by atoms with van der Waals surface area (Å²) < 4.78 is 0. The van der Waals surface area contributed by atoms with E-state index in [0.29, 0.717) is 28.9 Å². The maximum Gasteiger partial charge on any atom is 0.242 e. The maximum atomic E-state index is 13.1. The summed E-state index contributed by atoms with van der Waals surface area (Å²) in [6, 6.07) is 12.8. The van der Waals surface area contributed by atoms with Crippen LogP contribution >= 0.6 is 35.0 Å². The first-order chi connectivity index (χ1) is 14.8. The fourth-order valence-corrected chi connectivity index (χ4v) is 4.56. The lowest BCUT2D eigenvalue weighted by Crippen LogP contribution is -2.48. The number of nitrogens with one attached hydrogen (secondary N) is 1. The molecule has 0 aliphatic rings. The van der Waals surface area contributed by atoms with E-state index in [0.717, 1.165) is 29.5 Å². The minimum absolute atomic E-state index is 0.0743. The van der Waals surface area contributed by atoms with Gasteiger partial charge >= 0.3 is 0 Å². The Balaban J connectivity index is 2.06. The molecule has 7 heteroatoms. The van der Waals surface area contributed by atoms with Crippen LogP contribution in [0.15, 0.2) is 42.5 Å². The van der Waals surface area contributed by atoms with Crippen molar-refractivity contribution in [3.63, 3.8) is 0 Å². The summed E-state index contributed by atoms with van der Waals surface area (Å²) in [5.74, 6) is 0.656. The van der Waals surface area contributed by atoms with Gasteiger partial charge in [-0.1, -0.05) is 72.4 Å². The summed E-state index contributed by atoms with van der Waals surface area (Å²) in [7, 11) is 0. The number of benzene rings is 2. The highest BCUT2D eigenvalue weighted by Crippen LogP contribution is 2.25. The highest BCUT2D eigenvalue weighted by Gasteiger charge is 2.26. The van der Waals surface area contributed by atoms with Gasteiger partial charge in [-0.15, -0.1) is 11.8 Å². The Morgan fingerprint density at radius 2 is 1.94 bits per heavy atom. The smallest absolute Gasteiger partial charge is 0.242 e. The number of hydrogen-bond donors (Lipinski definition) is 1. The van der Waals surface area contributed by atoms with Crippen molar-refractivity contribution in [3.05, 3.63) is 69.2 Å². The lowest BCUT2D eigenvalue weighted by atomic mass is 10.1. The van der Waals surface area contributed by atoms with Crippen molar-refractivity contribution < 1.29 is 9.59 Å². The third-order valence-corrected chi connectivity index (χ3v) is 6.48. The van der Waals surface area contributed by atoms with Crippen LogP contribution in [0.4, 0.5) is 0 Å². The minimum Gasteiger partial charge on any atom is -0.354 e. The van der Waals surface area contributed by atoms with Crippen LogP contribution in [0.5, 0.6) is 0 Å². The first-order valence-electron chi connectivity index (χ1n) is 10.5. The fraction of sp³-hybridized carbons (Fsp3) is 0.417. The summed E-state index contributed by atoms with van der Waals surface area (Å²) in [5, 5.41) is 4.12. The number of aryl methyl sites for hydroxylation is 1. The second-order valence-electron chi connectivity index (χ2n) is 7.56. The van der Waals surface area contributed by atoms with Gasteiger partial charge < -0.3 is 10.2 Å². The number of amides is 2.